The largest absolute Gasteiger partial charge is 0.459 e. The van der Waals surface area contributed by atoms with Crippen LogP contribution < -0.4 is 0 Å². The van der Waals surface area contributed by atoms with Crippen molar-refractivity contribution in [2.24, 2.45) is 5.92 Å². The summed E-state index contributed by atoms with van der Waals surface area (Å²) in [5.41, 5.74) is 0. The number of nitrogens with zero attached hydrogens (tertiary/aromatic N) is 1. The molecule has 0 fully saturated rings. The number of carbonyl (C=O) groups is 2. The predicted molar refractivity (Wildman–Crippen MR) is 188 cm³/mol. The second-order valence-corrected chi connectivity index (χ2v) is 14.2. The summed E-state index contributed by atoms with van der Waals surface area (Å²) < 4.78 is 6.35. The molecular weight excluding hydrogens is 530 g/mol. The lowest BCUT2D eigenvalue weighted by atomic mass is 9.93. The van der Waals surface area contributed by atoms with Crippen molar-refractivity contribution in [3.05, 3.63) is 12.2 Å². The number of esters is 1. The zero-order chi connectivity index (χ0) is 31.9. The molecule has 0 aliphatic carbocycles. The summed E-state index contributed by atoms with van der Waals surface area (Å²) in [4.78, 5) is 26.0. The molecule has 0 aromatic carbocycles. The van der Waals surface area contributed by atoms with E-state index in [-0.39, 0.29) is 11.8 Å². The quantitative estimate of drug-likeness (QED) is 0.0245. The molecule has 0 bridgehead atoms. The molecule has 4 nitrogen and oxygen atoms in total. The second kappa shape index (κ2) is 30.8. The number of ketones is 1. The first-order valence-corrected chi connectivity index (χ1v) is 19.0. The molecule has 4 heteroatoms. The van der Waals surface area contributed by atoms with Crippen LogP contribution in [0.5, 0.6) is 0 Å². The van der Waals surface area contributed by atoms with Crippen LogP contribution in [0.4, 0.5) is 0 Å². The van der Waals surface area contributed by atoms with Crippen molar-refractivity contribution in [2.45, 2.75) is 187 Å². The fraction of sp³-hybridized carbons (Fsp3) is 0.897. The molecule has 0 saturated carbocycles. The Kier molecular flexibility index (Phi) is 30.0. The maximum Gasteiger partial charge on any atom is 0.316 e. The Morgan fingerprint density at radius 1 is 0.558 bits per heavy atom. The van der Waals surface area contributed by atoms with Crippen molar-refractivity contribution in [1.82, 2.24) is 0 Å². The third-order valence-corrected chi connectivity index (χ3v) is 8.71. The van der Waals surface area contributed by atoms with Gasteiger partial charge >= 0.3 is 5.97 Å². The molecule has 0 aliphatic rings. The number of rotatable bonds is 33. The minimum Gasteiger partial charge on any atom is -0.459 e. The van der Waals surface area contributed by atoms with Gasteiger partial charge in [-0.05, 0) is 38.5 Å². The SMILES string of the molecule is CCCCCCCC/C=C\CCCCCCC(C(=O)CCCCCCCCCCCCCCC)C(=O)OCC[N+](C)(C)C. The molecule has 43 heavy (non-hydrogen) atoms. The summed E-state index contributed by atoms with van der Waals surface area (Å²) in [5, 5.41) is 0. The van der Waals surface area contributed by atoms with E-state index in [1.54, 1.807) is 0 Å². The van der Waals surface area contributed by atoms with E-state index >= 15 is 0 Å². The number of hydrogen-bond acceptors (Lipinski definition) is 3. The van der Waals surface area contributed by atoms with E-state index in [4.69, 9.17) is 4.74 Å². The molecule has 0 amide bonds. The highest BCUT2D eigenvalue weighted by atomic mass is 16.5. The summed E-state index contributed by atoms with van der Waals surface area (Å²) in [7, 11) is 6.28. The standard InChI is InChI=1S/C39H76NO3/c1-6-8-10-12-14-16-18-20-22-23-25-27-29-31-33-37(39(42)43-36-35-40(3,4)5)38(41)34-32-30-28-26-24-21-19-17-15-13-11-9-7-2/h20,22,37H,6-19,21,23-36H2,1-5H3/q+1/b22-20-. The van der Waals surface area contributed by atoms with E-state index in [0.717, 1.165) is 49.6 Å². The number of quaternary nitrogens is 1. The van der Waals surface area contributed by atoms with Gasteiger partial charge in [0, 0.05) is 6.42 Å². The summed E-state index contributed by atoms with van der Waals surface area (Å²) in [6, 6.07) is 0. The molecule has 0 radical (unpaired) electrons. The molecular formula is C39H76NO3+. The van der Waals surface area contributed by atoms with E-state index in [2.05, 4.69) is 47.1 Å². The number of allylic oxidation sites excluding steroid dienone is 2. The van der Waals surface area contributed by atoms with E-state index in [1.807, 2.05) is 0 Å². The summed E-state index contributed by atoms with van der Waals surface area (Å²) in [5.74, 6) is -0.747. The van der Waals surface area contributed by atoms with Crippen LogP contribution >= 0.6 is 0 Å². The maximum absolute atomic E-state index is 13.1. The number of likely N-dealkylation sites (N-methyl/N-ethyl adjacent to an activating group) is 1. The van der Waals surface area contributed by atoms with Gasteiger partial charge in [-0.25, -0.2) is 0 Å². The van der Waals surface area contributed by atoms with E-state index in [1.165, 1.54) is 122 Å². The van der Waals surface area contributed by atoms with E-state index in [0.29, 0.717) is 19.4 Å². The van der Waals surface area contributed by atoms with Gasteiger partial charge < -0.3 is 9.22 Å². The Morgan fingerprint density at radius 3 is 1.40 bits per heavy atom. The van der Waals surface area contributed by atoms with Crippen LogP contribution in [0.2, 0.25) is 0 Å². The molecule has 0 saturated heterocycles. The first-order chi connectivity index (χ1) is 20.8. The summed E-state index contributed by atoms with van der Waals surface area (Å²) in [6.45, 7) is 5.69. The number of unbranched alkanes of at least 4 members (excludes halogenated alkanes) is 22. The van der Waals surface area contributed by atoms with Crippen molar-refractivity contribution in [1.29, 1.82) is 0 Å². The Morgan fingerprint density at radius 2 is 0.953 bits per heavy atom. The Bertz CT molecular complexity index is 651. The molecule has 0 rings (SSSR count). The van der Waals surface area contributed by atoms with Crippen LogP contribution in [0.3, 0.4) is 0 Å². The minimum atomic E-state index is -0.568. The van der Waals surface area contributed by atoms with Gasteiger partial charge in [-0.2, -0.15) is 0 Å². The Balaban J connectivity index is 4.17. The smallest absolute Gasteiger partial charge is 0.316 e. The highest BCUT2D eigenvalue weighted by Gasteiger charge is 2.27. The van der Waals surface area contributed by atoms with Gasteiger partial charge in [-0.1, -0.05) is 154 Å². The van der Waals surface area contributed by atoms with Crippen molar-refractivity contribution in [3.8, 4) is 0 Å². The zero-order valence-corrected chi connectivity index (χ0v) is 29.9. The van der Waals surface area contributed by atoms with Gasteiger partial charge in [0.2, 0.25) is 0 Å². The Hall–Kier alpha value is -1.16. The molecule has 1 unspecified atom stereocenters. The van der Waals surface area contributed by atoms with Crippen molar-refractivity contribution in [2.75, 3.05) is 34.3 Å². The van der Waals surface area contributed by atoms with Crippen LogP contribution in [0.1, 0.15) is 187 Å². The normalized spacial score (nSPS) is 12.7. The lowest BCUT2D eigenvalue weighted by Gasteiger charge is -2.24. The van der Waals surface area contributed by atoms with Crippen LogP contribution in [0.25, 0.3) is 0 Å². The lowest BCUT2D eigenvalue weighted by molar-refractivity contribution is -0.870. The van der Waals surface area contributed by atoms with Gasteiger partial charge in [-0.15, -0.1) is 0 Å². The fourth-order valence-corrected chi connectivity index (χ4v) is 5.66. The third kappa shape index (κ3) is 30.6. The van der Waals surface area contributed by atoms with Crippen molar-refractivity contribution >= 4 is 11.8 Å². The molecule has 0 N–H and O–H groups in total. The second-order valence-electron chi connectivity index (χ2n) is 14.2. The molecule has 254 valence electrons. The molecule has 1 atom stereocenters. The van der Waals surface area contributed by atoms with E-state index < -0.39 is 5.92 Å². The van der Waals surface area contributed by atoms with E-state index in [9.17, 15) is 9.59 Å². The number of hydrogen-bond donors (Lipinski definition) is 0. The molecule has 0 aromatic heterocycles. The van der Waals surface area contributed by atoms with Crippen LogP contribution in [0, 0.1) is 5.92 Å². The van der Waals surface area contributed by atoms with Gasteiger partial charge in [0.1, 0.15) is 24.9 Å². The predicted octanol–water partition coefficient (Wildman–Crippen LogP) is 11.5. The summed E-state index contributed by atoms with van der Waals surface area (Å²) in [6.07, 6.45) is 37.6. The van der Waals surface area contributed by atoms with Crippen molar-refractivity contribution < 1.29 is 18.8 Å². The lowest BCUT2D eigenvalue weighted by Crippen LogP contribution is -2.38. The third-order valence-electron chi connectivity index (χ3n) is 8.71. The number of ether oxygens (including phenoxy) is 1. The van der Waals surface area contributed by atoms with Gasteiger partial charge in [-0.3, -0.25) is 9.59 Å². The maximum atomic E-state index is 13.1. The highest BCUT2D eigenvalue weighted by molar-refractivity contribution is 5.98. The first-order valence-electron chi connectivity index (χ1n) is 19.0. The summed E-state index contributed by atoms with van der Waals surface area (Å²) >= 11 is 0. The van der Waals surface area contributed by atoms with Gasteiger partial charge in [0.15, 0.2) is 0 Å². The minimum absolute atomic E-state index is 0.107. The molecule has 0 spiro atoms. The average molecular weight is 607 g/mol. The fourth-order valence-electron chi connectivity index (χ4n) is 5.66. The number of carbonyl (C=O) groups excluding carboxylic acids is 2. The zero-order valence-electron chi connectivity index (χ0n) is 29.9. The molecule has 0 heterocycles. The van der Waals surface area contributed by atoms with Crippen LogP contribution in [-0.4, -0.2) is 50.5 Å². The monoisotopic (exact) mass is 607 g/mol. The molecule has 0 aliphatic heterocycles. The van der Waals surface area contributed by atoms with Crippen LogP contribution in [0.15, 0.2) is 12.2 Å². The first kappa shape index (κ1) is 41.8. The van der Waals surface area contributed by atoms with Crippen LogP contribution in [-0.2, 0) is 14.3 Å². The van der Waals surface area contributed by atoms with Gasteiger partial charge in [0.05, 0.1) is 21.1 Å². The number of Topliss-reactive ketones (excluding diaryl/α,β-unsaturated/α-hetero) is 1. The average Bonchev–Trinajstić information content (AvgIpc) is 2.96. The highest BCUT2D eigenvalue weighted by Crippen LogP contribution is 2.19. The Labute approximate surface area is 269 Å². The molecule has 0 aromatic rings. The topological polar surface area (TPSA) is 43.4 Å². The van der Waals surface area contributed by atoms with Crippen molar-refractivity contribution in [3.63, 3.8) is 0 Å². The van der Waals surface area contributed by atoms with Gasteiger partial charge in [0.25, 0.3) is 0 Å².